The van der Waals surface area contributed by atoms with Crippen LogP contribution in [0, 0.1) is 0 Å². The lowest BCUT2D eigenvalue weighted by Gasteiger charge is -2.26. The smallest absolute Gasteiger partial charge is 0.282 e. The molecular weight excluding hydrogens is 502 g/mol. The summed E-state index contributed by atoms with van der Waals surface area (Å²) >= 11 is 9.15. The quantitative estimate of drug-likeness (QED) is 0.191. The summed E-state index contributed by atoms with van der Waals surface area (Å²) in [6, 6.07) is 15.6. The molecule has 10 heteroatoms. The maximum Gasteiger partial charge on any atom is 0.282 e. The number of hydrogen-bond donors (Lipinski definition) is 1. The molecule has 1 N–H and O–H groups in total. The largest absolute Gasteiger partial charge is 0.379 e. The van der Waals surface area contributed by atoms with E-state index in [1.807, 2.05) is 48.5 Å². The molecule has 5 rings (SSSR count). The van der Waals surface area contributed by atoms with Crippen molar-refractivity contribution in [2.24, 2.45) is 4.99 Å². The highest BCUT2D eigenvalue weighted by Crippen LogP contribution is 2.26. The van der Waals surface area contributed by atoms with Crippen LogP contribution in [0.1, 0.15) is 17.7 Å². The monoisotopic (exact) mass is 527 g/mol. The van der Waals surface area contributed by atoms with E-state index in [2.05, 4.69) is 20.0 Å². The van der Waals surface area contributed by atoms with Crippen LogP contribution in [0.25, 0.3) is 15.3 Å². The number of aromatic nitrogens is 3. The molecule has 0 unspecified atom stereocenters. The number of thiazole rings is 1. The molecule has 182 valence electrons. The molecule has 1 aliphatic rings. The van der Waals surface area contributed by atoms with Crippen molar-refractivity contribution in [3.8, 4) is 5.13 Å². The number of halogens is 1. The van der Waals surface area contributed by atoms with E-state index in [0.717, 1.165) is 60.1 Å². The summed E-state index contributed by atoms with van der Waals surface area (Å²) in [4.78, 5) is 26.1. The number of thioether (sulfide) groups is 1. The number of benzene rings is 2. The highest BCUT2D eigenvalue weighted by Gasteiger charge is 2.17. The lowest BCUT2D eigenvalue weighted by Crippen LogP contribution is -2.37. The van der Waals surface area contributed by atoms with Crippen molar-refractivity contribution < 1.29 is 4.74 Å². The van der Waals surface area contributed by atoms with E-state index in [0.29, 0.717) is 28.0 Å². The second kappa shape index (κ2) is 11.5. The van der Waals surface area contributed by atoms with Crippen LogP contribution in [-0.4, -0.2) is 65.3 Å². The minimum Gasteiger partial charge on any atom is -0.379 e. The van der Waals surface area contributed by atoms with Crippen LogP contribution in [0.4, 0.5) is 0 Å². The first-order valence-corrected chi connectivity index (χ1v) is 13.7. The van der Waals surface area contributed by atoms with Gasteiger partial charge < -0.3 is 4.74 Å². The van der Waals surface area contributed by atoms with Gasteiger partial charge in [0.1, 0.15) is 0 Å². The molecule has 0 aliphatic carbocycles. The van der Waals surface area contributed by atoms with Crippen LogP contribution in [0.2, 0.25) is 5.02 Å². The molecule has 1 saturated heterocycles. The Morgan fingerprint density at radius 1 is 1.17 bits per heavy atom. The second-order valence-electron chi connectivity index (χ2n) is 8.19. The summed E-state index contributed by atoms with van der Waals surface area (Å²) in [6.07, 6.45) is 2.67. The maximum absolute atomic E-state index is 13.4. The molecule has 0 spiro atoms. The normalized spacial score (nSPS) is 14.9. The van der Waals surface area contributed by atoms with Crippen LogP contribution >= 0.6 is 34.7 Å². The number of nitrogens with zero attached hydrogens (tertiary/aromatic N) is 4. The molecule has 35 heavy (non-hydrogen) atoms. The Labute approximate surface area is 216 Å². The van der Waals surface area contributed by atoms with E-state index in [-0.39, 0.29) is 5.56 Å². The third-order valence-electron chi connectivity index (χ3n) is 5.76. The van der Waals surface area contributed by atoms with E-state index in [1.54, 1.807) is 18.0 Å². The molecule has 3 heterocycles. The SMILES string of the molecule is O=c1c(C=NCCCN2CCOCC2)c(CSc2ccc(Cl)cc2)[nH]n1-c1nc2ccccc2s1. The van der Waals surface area contributed by atoms with Crippen molar-refractivity contribution in [1.29, 1.82) is 0 Å². The van der Waals surface area contributed by atoms with Crippen LogP contribution < -0.4 is 5.56 Å². The van der Waals surface area contributed by atoms with Crippen LogP contribution in [-0.2, 0) is 10.5 Å². The van der Waals surface area contributed by atoms with Gasteiger partial charge in [-0.05, 0) is 42.8 Å². The van der Waals surface area contributed by atoms with E-state index in [4.69, 9.17) is 16.3 Å². The molecule has 0 radical (unpaired) electrons. The third-order valence-corrected chi connectivity index (χ3v) is 8.07. The fourth-order valence-electron chi connectivity index (χ4n) is 3.88. The molecule has 1 aliphatic heterocycles. The number of H-pyrrole nitrogens is 1. The number of nitrogens with one attached hydrogen (secondary N) is 1. The Morgan fingerprint density at radius 3 is 2.77 bits per heavy atom. The van der Waals surface area contributed by atoms with Gasteiger partial charge in [0.05, 0.1) is 34.7 Å². The van der Waals surface area contributed by atoms with Crippen LogP contribution in [0.15, 0.2) is 63.2 Å². The zero-order valence-corrected chi connectivity index (χ0v) is 21.5. The number of morpholine rings is 1. The van der Waals surface area contributed by atoms with E-state index >= 15 is 0 Å². The molecule has 0 bridgehead atoms. The highest BCUT2D eigenvalue weighted by atomic mass is 35.5. The number of aromatic amines is 1. The van der Waals surface area contributed by atoms with Crippen LogP contribution in [0.5, 0.6) is 0 Å². The first-order valence-electron chi connectivity index (χ1n) is 11.6. The first-order chi connectivity index (χ1) is 17.2. The molecule has 7 nitrogen and oxygen atoms in total. The lowest BCUT2D eigenvalue weighted by molar-refractivity contribution is 0.0377. The van der Waals surface area contributed by atoms with Crippen molar-refractivity contribution in [3.63, 3.8) is 0 Å². The average Bonchev–Trinajstić information content (AvgIpc) is 3.45. The standard InChI is InChI=1S/C25H26ClN5O2S2/c26-18-6-8-19(9-7-18)34-17-22-20(16-27-10-3-11-30-12-14-33-15-13-30)24(32)31(29-22)25-28-21-4-1-2-5-23(21)35-25/h1-2,4-9,16,29H,3,10-15,17H2. The van der Waals surface area contributed by atoms with Crippen molar-refractivity contribution in [2.75, 3.05) is 39.4 Å². The zero-order valence-electron chi connectivity index (χ0n) is 19.2. The predicted molar refractivity (Wildman–Crippen MR) is 145 cm³/mol. The summed E-state index contributed by atoms with van der Waals surface area (Å²) in [6.45, 7) is 5.20. The third kappa shape index (κ3) is 6.05. The number of aliphatic imine (C=N–C) groups is 1. The Hall–Kier alpha value is -2.43. The molecule has 0 saturated carbocycles. The van der Waals surface area contributed by atoms with Gasteiger partial charge in [-0.15, -0.1) is 11.8 Å². The average molecular weight is 528 g/mol. The number of para-hydroxylation sites is 1. The summed E-state index contributed by atoms with van der Waals surface area (Å²) in [5.74, 6) is 0.601. The molecule has 0 amide bonds. The Morgan fingerprint density at radius 2 is 1.97 bits per heavy atom. The van der Waals surface area contributed by atoms with Gasteiger partial charge in [0.15, 0.2) is 0 Å². The molecule has 1 fully saturated rings. The molecular formula is C25H26ClN5O2S2. The Kier molecular flexibility index (Phi) is 8.00. The fourth-order valence-corrected chi connectivity index (χ4v) is 5.79. The minimum atomic E-state index is -0.132. The molecule has 0 atom stereocenters. The number of rotatable bonds is 9. The Balaban J connectivity index is 1.35. The van der Waals surface area contributed by atoms with Gasteiger partial charge in [-0.3, -0.25) is 19.8 Å². The summed E-state index contributed by atoms with van der Waals surface area (Å²) in [7, 11) is 0. The van der Waals surface area contributed by atoms with Crippen molar-refractivity contribution in [2.45, 2.75) is 17.1 Å². The van der Waals surface area contributed by atoms with Gasteiger partial charge in [-0.1, -0.05) is 35.1 Å². The maximum atomic E-state index is 13.4. The van der Waals surface area contributed by atoms with Gasteiger partial charge >= 0.3 is 0 Å². The molecule has 2 aromatic heterocycles. The minimum absolute atomic E-state index is 0.132. The number of hydrogen-bond acceptors (Lipinski definition) is 7. The second-order valence-corrected chi connectivity index (χ2v) is 10.7. The van der Waals surface area contributed by atoms with E-state index in [9.17, 15) is 4.79 Å². The van der Waals surface area contributed by atoms with Gasteiger partial charge in [-0.25, -0.2) is 4.98 Å². The lowest BCUT2D eigenvalue weighted by atomic mass is 10.3. The zero-order chi connectivity index (χ0) is 24.0. The topological polar surface area (TPSA) is 75.5 Å². The number of ether oxygens (including phenoxy) is 1. The van der Waals surface area contributed by atoms with Crippen molar-refractivity contribution >= 4 is 51.1 Å². The predicted octanol–water partition coefficient (Wildman–Crippen LogP) is 4.86. The van der Waals surface area contributed by atoms with Crippen LogP contribution in [0.3, 0.4) is 0 Å². The van der Waals surface area contributed by atoms with Gasteiger partial charge in [0.25, 0.3) is 5.56 Å². The molecule has 2 aromatic carbocycles. The Bertz CT molecular complexity index is 1320. The highest BCUT2D eigenvalue weighted by molar-refractivity contribution is 7.98. The van der Waals surface area contributed by atoms with Crippen molar-refractivity contribution in [1.82, 2.24) is 19.7 Å². The van der Waals surface area contributed by atoms with E-state index < -0.39 is 0 Å². The summed E-state index contributed by atoms with van der Waals surface area (Å²) in [5.41, 5.74) is 2.15. The van der Waals surface area contributed by atoms with Crippen molar-refractivity contribution in [3.05, 3.63) is 75.2 Å². The van der Waals surface area contributed by atoms with Gasteiger partial charge in [0.2, 0.25) is 5.13 Å². The fraction of sp³-hybridized carbons (Fsp3) is 0.320. The van der Waals surface area contributed by atoms with Gasteiger partial charge in [-0.2, -0.15) is 4.68 Å². The number of fused-ring (bicyclic) bond motifs is 1. The summed E-state index contributed by atoms with van der Waals surface area (Å²) < 4.78 is 7.99. The summed E-state index contributed by atoms with van der Waals surface area (Å²) in [5, 5.41) is 4.62. The van der Waals surface area contributed by atoms with Gasteiger partial charge in [0, 0.05) is 48.1 Å². The molecule has 4 aromatic rings. The van der Waals surface area contributed by atoms with E-state index in [1.165, 1.54) is 16.0 Å². The first kappa shape index (κ1) is 24.3.